The Labute approximate surface area is 156 Å². The predicted octanol–water partition coefficient (Wildman–Crippen LogP) is 2.78. The molecule has 142 valence electrons. The van der Waals surface area contributed by atoms with Gasteiger partial charge in [-0.15, -0.1) is 0 Å². The van der Waals surface area contributed by atoms with E-state index in [0.29, 0.717) is 18.6 Å². The third kappa shape index (κ3) is 4.64. The van der Waals surface area contributed by atoms with E-state index in [1.807, 2.05) is 30.3 Å². The second-order valence-corrected chi connectivity index (χ2v) is 7.57. The Balaban J connectivity index is 1.68. The predicted molar refractivity (Wildman–Crippen MR) is 103 cm³/mol. The lowest BCUT2D eigenvalue weighted by molar-refractivity contribution is -0.130. The van der Waals surface area contributed by atoms with Crippen LogP contribution in [0.5, 0.6) is 0 Å². The van der Waals surface area contributed by atoms with Crippen molar-refractivity contribution in [3.05, 3.63) is 35.9 Å². The monoisotopic (exact) mass is 357 g/mol. The number of amides is 2. The maximum atomic E-state index is 12.8. The summed E-state index contributed by atoms with van der Waals surface area (Å²) in [5.74, 6) is -0.237. The van der Waals surface area contributed by atoms with E-state index >= 15 is 0 Å². The smallest absolute Gasteiger partial charge is 0.246 e. The molecule has 0 aromatic heterocycles. The van der Waals surface area contributed by atoms with E-state index in [0.717, 1.165) is 5.56 Å². The minimum Gasteiger partial charge on any atom is -0.357 e. The zero-order valence-corrected chi connectivity index (χ0v) is 15.7. The van der Waals surface area contributed by atoms with Gasteiger partial charge >= 0.3 is 0 Å². The van der Waals surface area contributed by atoms with Crippen LogP contribution in [0.15, 0.2) is 30.3 Å². The molecule has 1 aromatic carbocycles. The summed E-state index contributed by atoms with van der Waals surface area (Å²) in [6.07, 6.45) is 9.84. The first-order valence-corrected chi connectivity index (χ1v) is 10.0. The average Bonchev–Trinajstić information content (AvgIpc) is 3.38. The highest BCUT2D eigenvalue weighted by Gasteiger charge is 2.32. The molecule has 0 saturated heterocycles. The highest BCUT2D eigenvalue weighted by Crippen LogP contribution is 2.31. The van der Waals surface area contributed by atoms with Crippen LogP contribution in [0.1, 0.15) is 63.0 Å². The van der Waals surface area contributed by atoms with Gasteiger partial charge in [0.2, 0.25) is 11.8 Å². The molecule has 0 heterocycles. The third-order valence-electron chi connectivity index (χ3n) is 5.86. The number of nitrogens with one attached hydrogen (secondary N) is 2. The summed E-state index contributed by atoms with van der Waals surface area (Å²) in [7, 11) is 1.60. The molecule has 0 unspecified atom stereocenters. The molecular formula is C21H31N3O2. The van der Waals surface area contributed by atoms with Gasteiger partial charge in [-0.3, -0.25) is 14.5 Å². The molecule has 2 aliphatic rings. The molecule has 0 spiro atoms. The van der Waals surface area contributed by atoms with Crippen molar-refractivity contribution in [2.45, 2.75) is 69.5 Å². The molecule has 26 heavy (non-hydrogen) atoms. The molecular weight excluding hydrogens is 326 g/mol. The number of rotatable bonds is 7. The van der Waals surface area contributed by atoms with E-state index in [1.165, 1.54) is 51.4 Å². The SMILES string of the molecule is CNC(=O)[C@@H](NC(=O)CN(C1CCCC1)C1CCCC1)c1ccccc1. The molecule has 1 atom stereocenters. The van der Waals surface area contributed by atoms with Gasteiger partial charge in [0.05, 0.1) is 6.54 Å². The molecule has 2 aliphatic carbocycles. The maximum Gasteiger partial charge on any atom is 0.246 e. The number of benzene rings is 1. The Morgan fingerprint density at radius 1 is 1.00 bits per heavy atom. The van der Waals surface area contributed by atoms with Crippen molar-refractivity contribution in [3.8, 4) is 0 Å². The van der Waals surface area contributed by atoms with Crippen LogP contribution in [0.2, 0.25) is 0 Å². The van der Waals surface area contributed by atoms with Crippen molar-refractivity contribution in [2.24, 2.45) is 0 Å². The molecule has 3 rings (SSSR count). The Morgan fingerprint density at radius 2 is 1.54 bits per heavy atom. The van der Waals surface area contributed by atoms with Crippen molar-refractivity contribution in [1.82, 2.24) is 15.5 Å². The Kier molecular flexibility index (Phi) is 6.67. The van der Waals surface area contributed by atoms with Crippen molar-refractivity contribution in [3.63, 3.8) is 0 Å². The van der Waals surface area contributed by atoms with Gasteiger partial charge < -0.3 is 10.6 Å². The van der Waals surface area contributed by atoms with E-state index in [2.05, 4.69) is 15.5 Å². The van der Waals surface area contributed by atoms with E-state index in [-0.39, 0.29) is 11.8 Å². The summed E-state index contributed by atoms with van der Waals surface area (Å²) in [6, 6.07) is 9.87. The number of hydrogen-bond donors (Lipinski definition) is 2. The van der Waals surface area contributed by atoms with Crippen LogP contribution in [-0.2, 0) is 9.59 Å². The quantitative estimate of drug-likeness (QED) is 0.789. The topological polar surface area (TPSA) is 61.4 Å². The number of carbonyl (C=O) groups excluding carboxylic acids is 2. The maximum absolute atomic E-state index is 12.8. The van der Waals surface area contributed by atoms with Gasteiger partial charge in [0.25, 0.3) is 0 Å². The molecule has 2 amide bonds. The summed E-state index contributed by atoms with van der Waals surface area (Å²) >= 11 is 0. The number of nitrogens with zero attached hydrogens (tertiary/aromatic N) is 1. The minimum atomic E-state index is -0.636. The molecule has 2 N–H and O–H groups in total. The number of carbonyl (C=O) groups is 2. The zero-order chi connectivity index (χ0) is 18.4. The van der Waals surface area contributed by atoms with Crippen LogP contribution < -0.4 is 10.6 Å². The van der Waals surface area contributed by atoms with Crippen molar-refractivity contribution >= 4 is 11.8 Å². The third-order valence-corrected chi connectivity index (χ3v) is 5.86. The second kappa shape index (κ2) is 9.17. The summed E-state index contributed by atoms with van der Waals surface area (Å²) in [6.45, 7) is 0.398. The number of likely N-dealkylation sites (N-methyl/N-ethyl adjacent to an activating group) is 1. The van der Waals surface area contributed by atoms with Gasteiger partial charge in [-0.05, 0) is 31.2 Å². The summed E-state index contributed by atoms with van der Waals surface area (Å²) in [5.41, 5.74) is 0.813. The molecule has 0 bridgehead atoms. The van der Waals surface area contributed by atoms with Gasteiger partial charge in [-0.1, -0.05) is 56.0 Å². The highest BCUT2D eigenvalue weighted by atomic mass is 16.2. The van der Waals surface area contributed by atoms with E-state index in [1.54, 1.807) is 7.05 Å². The lowest BCUT2D eigenvalue weighted by Gasteiger charge is -2.34. The normalized spacial score (nSPS) is 19.6. The lowest BCUT2D eigenvalue weighted by Crippen LogP contribution is -2.49. The van der Waals surface area contributed by atoms with E-state index < -0.39 is 6.04 Å². The fourth-order valence-corrected chi connectivity index (χ4v) is 4.49. The molecule has 2 saturated carbocycles. The fraction of sp³-hybridized carbons (Fsp3) is 0.619. The van der Waals surface area contributed by atoms with Gasteiger partial charge in [0.15, 0.2) is 0 Å². The first-order chi connectivity index (χ1) is 12.7. The van der Waals surface area contributed by atoms with E-state index in [4.69, 9.17) is 0 Å². The van der Waals surface area contributed by atoms with Crippen LogP contribution >= 0.6 is 0 Å². The summed E-state index contributed by atoms with van der Waals surface area (Å²) in [4.78, 5) is 27.6. The molecule has 5 heteroatoms. The first-order valence-electron chi connectivity index (χ1n) is 10.0. The lowest BCUT2D eigenvalue weighted by atomic mass is 10.1. The summed E-state index contributed by atoms with van der Waals surface area (Å²) < 4.78 is 0. The molecule has 0 radical (unpaired) electrons. The van der Waals surface area contributed by atoms with Crippen LogP contribution in [0.4, 0.5) is 0 Å². The Morgan fingerprint density at radius 3 is 2.04 bits per heavy atom. The van der Waals surface area contributed by atoms with Gasteiger partial charge in [-0.25, -0.2) is 0 Å². The summed E-state index contributed by atoms with van der Waals surface area (Å²) in [5, 5.41) is 5.63. The minimum absolute atomic E-state index is 0.0544. The average molecular weight is 357 g/mol. The molecule has 2 fully saturated rings. The second-order valence-electron chi connectivity index (χ2n) is 7.57. The van der Waals surface area contributed by atoms with Crippen LogP contribution in [-0.4, -0.2) is 42.4 Å². The van der Waals surface area contributed by atoms with E-state index in [9.17, 15) is 9.59 Å². The van der Waals surface area contributed by atoms with Crippen LogP contribution in [0.25, 0.3) is 0 Å². The molecule has 0 aliphatic heterocycles. The van der Waals surface area contributed by atoms with Crippen LogP contribution in [0, 0.1) is 0 Å². The fourth-order valence-electron chi connectivity index (χ4n) is 4.49. The van der Waals surface area contributed by atoms with Gasteiger partial charge in [0.1, 0.15) is 6.04 Å². The standard InChI is InChI=1S/C21H31N3O2/c1-22-21(26)20(16-9-3-2-4-10-16)23-19(25)15-24(17-11-5-6-12-17)18-13-7-8-14-18/h2-4,9-10,17-18,20H,5-8,11-15H2,1H3,(H,22,26)(H,23,25)/t20-/m0/s1. The Hall–Kier alpha value is -1.88. The van der Waals surface area contributed by atoms with Gasteiger partial charge in [-0.2, -0.15) is 0 Å². The zero-order valence-electron chi connectivity index (χ0n) is 15.7. The number of hydrogen-bond acceptors (Lipinski definition) is 3. The van der Waals surface area contributed by atoms with Crippen LogP contribution in [0.3, 0.4) is 0 Å². The molecule has 1 aromatic rings. The Bertz CT molecular complexity index is 577. The van der Waals surface area contributed by atoms with Gasteiger partial charge in [0, 0.05) is 19.1 Å². The first kappa shape index (κ1) is 18.9. The molecule has 5 nitrogen and oxygen atoms in total. The highest BCUT2D eigenvalue weighted by molar-refractivity contribution is 5.89. The van der Waals surface area contributed by atoms with Crippen molar-refractivity contribution < 1.29 is 9.59 Å². The van der Waals surface area contributed by atoms with Crippen molar-refractivity contribution in [1.29, 1.82) is 0 Å². The largest absolute Gasteiger partial charge is 0.357 e. The van der Waals surface area contributed by atoms with Crippen molar-refractivity contribution in [2.75, 3.05) is 13.6 Å².